The molecule has 8 heteroatoms. The van der Waals surface area contributed by atoms with Crippen molar-refractivity contribution in [2.75, 3.05) is 25.1 Å². The molecule has 1 aromatic rings. The van der Waals surface area contributed by atoms with Crippen LogP contribution < -0.4 is 5.32 Å². The Morgan fingerprint density at radius 2 is 2.26 bits per heavy atom. The van der Waals surface area contributed by atoms with Crippen molar-refractivity contribution in [1.29, 1.82) is 0 Å². The van der Waals surface area contributed by atoms with E-state index in [0.717, 1.165) is 0 Å². The second-order valence-corrected chi connectivity index (χ2v) is 4.72. The molecule has 1 aromatic heterocycles. The van der Waals surface area contributed by atoms with Crippen LogP contribution in [0.25, 0.3) is 0 Å². The van der Waals surface area contributed by atoms with Crippen molar-refractivity contribution >= 4 is 23.1 Å². The zero-order valence-corrected chi connectivity index (χ0v) is 11.1. The summed E-state index contributed by atoms with van der Waals surface area (Å²) >= 11 is 5.69. The smallest absolute Gasteiger partial charge is 0.312 e. The third-order valence-corrected chi connectivity index (χ3v) is 3.01. The van der Waals surface area contributed by atoms with Gasteiger partial charge in [-0.3, -0.25) is 10.1 Å². The molecule has 2 heterocycles. The van der Waals surface area contributed by atoms with E-state index in [2.05, 4.69) is 10.3 Å². The fourth-order valence-corrected chi connectivity index (χ4v) is 1.97. The monoisotopic (exact) mass is 287 g/mol. The molecule has 0 saturated carbocycles. The number of ether oxygens (including phenoxy) is 2. The van der Waals surface area contributed by atoms with Gasteiger partial charge in [-0.1, -0.05) is 11.6 Å². The highest BCUT2D eigenvalue weighted by Crippen LogP contribution is 2.26. The van der Waals surface area contributed by atoms with Gasteiger partial charge in [0.15, 0.2) is 5.79 Å². The van der Waals surface area contributed by atoms with Crippen molar-refractivity contribution in [2.24, 2.45) is 0 Å². The van der Waals surface area contributed by atoms with Gasteiger partial charge in [0.25, 0.3) is 0 Å². The Kier molecular flexibility index (Phi) is 4.18. The highest BCUT2D eigenvalue weighted by Gasteiger charge is 2.30. The fourth-order valence-electron chi connectivity index (χ4n) is 1.81. The number of halogens is 1. The molecule has 7 nitrogen and oxygen atoms in total. The molecule has 0 aromatic carbocycles. The number of nitrogens with one attached hydrogen (secondary N) is 1. The standard InChI is InChI=1S/C11H14ClN3O4/c1-11(18-4-5-19-11)2-3-13-10-9(15(16)17)6-8(12)7-14-10/h6-7H,2-5H2,1H3,(H,13,14). The predicted octanol–water partition coefficient (Wildman–Crippen LogP) is 2.21. The van der Waals surface area contributed by atoms with Crippen LogP contribution in [0.3, 0.4) is 0 Å². The summed E-state index contributed by atoms with van der Waals surface area (Å²) in [5.74, 6) is -0.440. The van der Waals surface area contributed by atoms with Crippen LogP contribution >= 0.6 is 11.6 Å². The van der Waals surface area contributed by atoms with E-state index in [1.807, 2.05) is 6.92 Å². The lowest BCUT2D eigenvalue weighted by molar-refractivity contribution is -0.384. The molecule has 2 rings (SSSR count). The molecule has 1 N–H and O–H groups in total. The molecule has 0 unspecified atom stereocenters. The van der Waals surface area contributed by atoms with Gasteiger partial charge in [-0.15, -0.1) is 0 Å². The third-order valence-electron chi connectivity index (χ3n) is 2.80. The van der Waals surface area contributed by atoms with Gasteiger partial charge in [-0.25, -0.2) is 4.98 Å². The van der Waals surface area contributed by atoms with E-state index < -0.39 is 10.7 Å². The number of hydrogen-bond donors (Lipinski definition) is 1. The van der Waals surface area contributed by atoms with Crippen LogP contribution in [0.2, 0.25) is 5.02 Å². The van der Waals surface area contributed by atoms with Gasteiger partial charge < -0.3 is 14.8 Å². The zero-order chi connectivity index (χ0) is 13.9. The molecular weight excluding hydrogens is 274 g/mol. The molecule has 0 radical (unpaired) electrons. The first-order chi connectivity index (χ1) is 9.00. The fraction of sp³-hybridized carbons (Fsp3) is 0.545. The first kappa shape index (κ1) is 14.0. The van der Waals surface area contributed by atoms with Gasteiger partial charge in [-0.05, 0) is 6.92 Å². The van der Waals surface area contributed by atoms with Gasteiger partial charge in [-0.2, -0.15) is 0 Å². The maximum Gasteiger partial charge on any atom is 0.312 e. The topological polar surface area (TPSA) is 86.5 Å². The normalized spacial score (nSPS) is 17.4. The Bertz CT molecular complexity index is 477. The molecule has 1 fully saturated rings. The minimum Gasteiger partial charge on any atom is -0.364 e. The lowest BCUT2D eigenvalue weighted by Gasteiger charge is -2.22. The number of aromatic nitrogens is 1. The number of rotatable bonds is 5. The number of hydrogen-bond acceptors (Lipinski definition) is 6. The van der Waals surface area contributed by atoms with E-state index in [9.17, 15) is 10.1 Å². The molecule has 0 aliphatic carbocycles. The third kappa shape index (κ3) is 3.52. The van der Waals surface area contributed by atoms with E-state index in [-0.39, 0.29) is 16.5 Å². The Morgan fingerprint density at radius 3 is 2.89 bits per heavy atom. The van der Waals surface area contributed by atoms with Gasteiger partial charge in [0.1, 0.15) is 0 Å². The molecular formula is C11H14ClN3O4. The van der Waals surface area contributed by atoms with Crippen molar-refractivity contribution < 1.29 is 14.4 Å². The molecule has 1 aliphatic rings. The van der Waals surface area contributed by atoms with Crippen molar-refractivity contribution in [3.8, 4) is 0 Å². The van der Waals surface area contributed by atoms with E-state index in [1.54, 1.807) is 0 Å². The zero-order valence-electron chi connectivity index (χ0n) is 10.4. The lowest BCUT2D eigenvalue weighted by Crippen LogP contribution is -2.28. The molecule has 0 spiro atoms. The maximum atomic E-state index is 10.9. The van der Waals surface area contributed by atoms with Crippen LogP contribution in [0, 0.1) is 10.1 Å². The van der Waals surface area contributed by atoms with Gasteiger partial charge in [0, 0.05) is 25.2 Å². The summed E-state index contributed by atoms with van der Waals surface area (Å²) in [6.07, 6.45) is 1.93. The van der Waals surface area contributed by atoms with Crippen LogP contribution in [0.4, 0.5) is 11.5 Å². The highest BCUT2D eigenvalue weighted by molar-refractivity contribution is 6.30. The summed E-state index contributed by atoms with van der Waals surface area (Å²) < 4.78 is 10.9. The second kappa shape index (κ2) is 5.68. The Hall–Kier alpha value is -1.44. The Morgan fingerprint density at radius 1 is 1.58 bits per heavy atom. The van der Waals surface area contributed by atoms with Crippen LogP contribution in [-0.4, -0.2) is 35.5 Å². The number of nitrogens with zero attached hydrogens (tertiary/aromatic N) is 2. The SMILES string of the molecule is CC1(CCNc2ncc(Cl)cc2[N+](=O)[O-])OCCO1. The van der Waals surface area contributed by atoms with E-state index in [0.29, 0.717) is 26.2 Å². The molecule has 104 valence electrons. The predicted molar refractivity (Wildman–Crippen MR) is 69.3 cm³/mol. The van der Waals surface area contributed by atoms with Crippen LogP contribution in [0.1, 0.15) is 13.3 Å². The van der Waals surface area contributed by atoms with Crippen molar-refractivity contribution in [3.63, 3.8) is 0 Å². The van der Waals surface area contributed by atoms with Gasteiger partial charge >= 0.3 is 5.69 Å². The first-order valence-corrected chi connectivity index (χ1v) is 6.20. The Labute approximate surface area is 115 Å². The summed E-state index contributed by atoms with van der Waals surface area (Å²) in [5, 5.41) is 14.0. The van der Waals surface area contributed by atoms with Crippen molar-refractivity contribution in [2.45, 2.75) is 19.1 Å². The summed E-state index contributed by atoms with van der Waals surface area (Å²) in [4.78, 5) is 14.3. The maximum absolute atomic E-state index is 10.9. The minimum atomic E-state index is -0.631. The number of pyridine rings is 1. The van der Waals surface area contributed by atoms with E-state index in [1.165, 1.54) is 12.3 Å². The van der Waals surface area contributed by atoms with Gasteiger partial charge in [0.2, 0.25) is 5.82 Å². The first-order valence-electron chi connectivity index (χ1n) is 5.82. The molecule has 0 bridgehead atoms. The Balaban J connectivity index is 1.97. The lowest BCUT2D eigenvalue weighted by atomic mass is 10.2. The summed E-state index contributed by atoms with van der Waals surface area (Å²) in [6, 6.07) is 1.27. The van der Waals surface area contributed by atoms with Crippen molar-refractivity contribution in [3.05, 3.63) is 27.4 Å². The van der Waals surface area contributed by atoms with E-state index >= 15 is 0 Å². The molecule has 1 saturated heterocycles. The van der Waals surface area contributed by atoms with Crippen LogP contribution in [-0.2, 0) is 9.47 Å². The molecule has 19 heavy (non-hydrogen) atoms. The molecule has 1 aliphatic heterocycles. The van der Waals surface area contributed by atoms with Gasteiger partial charge in [0.05, 0.1) is 23.2 Å². The summed E-state index contributed by atoms with van der Waals surface area (Å²) in [5.41, 5.74) is -0.147. The average molecular weight is 288 g/mol. The molecule has 0 amide bonds. The average Bonchev–Trinajstić information content (AvgIpc) is 2.78. The number of nitro groups is 1. The largest absolute Gasteiger partial charge is 0.364 e. The summed E-state index contributed by atoms with van der Waals surface area (Å²) in [7, 11) is 0. The molecule has 0 atom stereocenters. The second-order valence-electron chi connectivity index (χ2n) is 4.29. The van der Waals surface area contributed by atoms with Crippen molar-refractivity contribution in [1.82, 2.24) is 4.98 Å². The number of anilines is 1. The van der Waals surface area contributed by atoms with Crippen LogP contribution in [0.15, 0.2) is 12.3 Å². The van der Waals surface area contributed by atoms with Crippen LogP contribution in [0.5, 0.6) is 0 Å². The quantitative estimate of drug-likeness (QED) is 0.660. The highest BCUT2D eigenvalue weighted by atomic mass is 35.5. The minimum absolute atomic E-state index is 0.147. The van der Waals surface area contributed by atoms with E-state index in [4.69, 9.17) is 21.1 Å². The summed E-state index contributed by atoms with van der Waals surface area (Å²) in [6.45, 7) is 3.42.